The van der Waals surface area contributed by atoms with Crippen molar-refractivity contribution in [3.63, 3.8) is 0 Å². The second-order valence-corrected chi connectivity index (χ2v) is 5.48. The molecule has 1 fully saturated rings. The van der Waals surface area contributed by atoms with Gasteiger partial charge in [0.15, 0.2) is 5.60 Å². The highest BCUT2D eigenvalue weighted by molar-refractivity contribution is 5.85. The van der Waals surface area contributed by atoms with Crippen LogP contribution in [0.3, 0.4) is 0 Å². The second-order valence-electron chi connectivity index (χ2n) is 5.48. The number of alkyl halides is 3. The molecule has 0 saturated carbocycles. The van der Waals surface area contributed by atoms with Gasteiger partial charge in [-0.05, 0) is 16.3 Å². The molecule has 1 heterocycles. The number of methoxy groups -OCH3 is 1. The van der Waals surface area contributed by atoms with Crippen molar-refractivity contribution in [1.29, 1.82) is 0 Å². The van der Waals surface area contributed by atoms with Gasteiger partial charge in [0.2, 0.25) is 0 Å². The molecule has 112 valence electrons. The number of halogens is 3. The zero-order chi connectivity index (χ0) is 15.1. The van der Waals surface area contributed by atoms with Gasteiger partial charge < -0.3 is 4.74 Å². The molecule has 1 aliphatic rings. The van der Waals surface area contributed by atoms with Gasteiger partial charge in [-0.3, -0.25) is 4.90 Å². The maximum Gasteiger partial charge on any atom is 0.419 e. The third-order valence-corrected chi connectivity index (χ3v) is 4.14. The zero-order valence-electron chi connectivity index (χ0n) is 11.7. The molecule has 0 radical (unpaired) electrons. The van der Waals surface area contributed by atoms with Crippen LogP contribution >= 0.6 is 0 Å². The van der Waals surface area contributed by atoms with Crippen molar-refractivity contribution in [3.05, 3.63) is 48.0 Å². The van der Waals surface area contributed by atoms with E-state index in [0.717, 1.165) is 23.4 Å². The summed E-state index contributed by atoms with van der Waals surface area (Å²) in [6.45, 7) is 0.273. The Labute approximate surface area is 121 Å². The van der Waals surface area contributed by atoms with Gasteiger partial charge in [-0.15, -0.1) is 0 Å². The second kappa shape index (κ2) is 5.00. The molecule has 0 aromatic heterocycles. The van der Waals surface area contributed by atoms with Crippen LogP contribution in [0.2, 0.25) is 0 Å². The summed E-state index contributed by atoms with van der Waals surface area (Å²) in [4.78, 5) is 1.76. The first-order valence-electron chi connectivity index (χ1n) is 6.76. The smallest absolute Gasteiger partial charge is 0.366 e. The molecule has 3 rings (SSSR count). The van der Waals surface area contributed by atoms with Crippen molar-refractivity contribution in [2.24, 2.45) is 0 Å². The van der Waals surface area contributed by atoms with Gasteiger partial charge in [-0.2, -0.15) is 13.2 Å². The van der Waals surface area contributed by atoms with Crippen molar-refractivity contribution in [1.82, 2.24) is 4.90 Å². The Morgan fingerprint density at radius 1 is 1.10 bits per heavy atom. The maximum absolute atomic E-state index is 13.0. The Hall–Kier alpha value is -1.59. The number of hydrogen-bond acceptors (Lipinski definition) is 2. The van der Waals surface area contributed by atoms with E-state index in [9.17, 15) is 13.2 Å². The number of fused-ring (bicyclic) bond motifs is 1. The lowest BCUT2D eigenvalue weighted by Gasteiger charge is -2.49. The number of ether oxygens (including phenoxy) is 1. The first-order valence-corrected chi connectivity index (χ1v) is 6.76. The van der Waals surface area contributed by atoms with Gasteiger partial charge in [-0.25, -0.2) is 0 Å². The number of likely N-dealkylation sites (tertiary alicyclic amines) is 1. The molecule has 1 aliphatic heterocycles. The van der Waals surface area contributed by atoms with Crippen LogP contribution in [0.15, 0.2) is 42.5 Å². The fraction of sp³-hybridized carbons (Fsp3) is 0.375. The van der Waals surface area contributed by atoms with Crippen molar-refractivity contribution in [2.75, 3.05) is 20.2 Å². The quantitative estimate of drug-likeness (QED) is 0.858. The molecule has 0 unspecified atom stereocenters. The van der Waals surface area contributed by atoms with Gasteiger partial charge in [0.05, 0.1) is 0 Å². The average molecular weight is 295 g/mol. The van der Waals surface area contributed by atoms with Crippen LogP contribution in [0.4, 0.5) is 13.2 Å². The van der Waals surface area contributed by atoms with Crippen LogP contribution in [0.1, 0.15) is 5.56 Å². The summed E-state index contributed by atoms with van der Waals surface area (Å²) in [5, 5.41) is 2.19. The minimum atomic E-state index is -4.32. The highest BCUT2D eigenvalue weighted by Gasteiger charge is 2.62. The van der Waals surface area contributed by atoms with E-state index in [1.54, 1.807) is 4.90 Å². The predicted molar refractivity (Wildman–Crippen MR) is 75.0 cm³/mol. The Morgan fingerprint density at radius 3 is 2.43 bits per heavy atom. The molecule has 5 heteroatoms. The standard InChI is InChI=1S/C16H16F3NO/c1-21-15(16(17,18)19)10-20(11-15)9-13-7-4-6-12-5-2-3-8-14(12)13/h2-8H,9-11H2,1H3. The molecule has 21 heavy (non-hydrogen) atoms. The lowest BCUT2D eigenvalue weighted by molar-refractivity contribution is -0.312. The van der Waals surface area contributed by atoms with Crippen molar-refractivity contribution in [2.45, 2.75) is 18.3 Å². The van der Waals surface area contributed by atoms with Crippen LogP contribution < -0.4 is 0 Å². The molecular formula is C16H16F3NO. The summed E-state index contributed by atoms with van der Waals surface area (Å²) in [5.41, 5.74) is -0.961. The van der Waals surface area contributed by atoms with Gasteiger partial charge in [0.1, 0.15) is 0 Å². The average Bonchev–Trinajstić information content (AvgIpc) is 2.41. The fourth-order valence-electron chi connectivity index (χ4n) is 2.88. The zero-order valence-corrected chi connectivity index (χ0v) is 11.7. The summed E-state index contributed by atoms with van der Waals surface area (Å²) < 4.78 is 43.6. The minimum absolute atomic E-state index is 0.115. The SMILES string of the molecule is COC1(C(F)(F)F)CN(Cc2cccc3ccccc23)C1. The molecule has 0 bridgehead atoms. The first-order chi connectivity index (χ1) is 9.95. The maximum atomic E-state index is 13.0. The summed E-state index contributed by atoms with van der Waals surface area (Å²) in [6, 6.07) is 13.8. The molecule has 2 nitrogen and oxygen atoms in total. The van der Waals surface area contributed by atoms with Crippen LogP contribution in [0, 0.1) is 0 Å². The van der Waals surface area contributed by atoms with E-state index in [1.807, 2.05) is 42.5 Å². The Bertz CT molecular complexity index is 642. The number of hydrogen-bond donors (Lipinski definition) is 0. The minimum Gasteiger partial charge on any atom is -0.366 e. The van der Waals surface area contributed by atoms with Gasteiger partial charge in [0, 0.05) is 26.7 Å². The molecule has 0 amide bonds. The van der Waals surface area contributed by atoms with E-state index in [1.165, 1.54) is 0 Å². The first kappa shape index (κ1) is 14.4. The molecule has 0 N–H and O–H groups in total. The predicted octanol–water partition coefficient (Wildman–Crippen LogP) is 3.60. The Balaban J connectivity index is 1.77. The topological polar surface area (TPSA) is 12.5 Å². The number of benzene rings is 2. The molecule has 1 saturated heterocycles. The fourth-order valence-corrected chi connectivity index (χ4v) is 2.88. The van der Waals surface area contributed by atoms with E-state index >= 15 is 0 Å². The molecule has 2 aromatic carbocycles. The van der Waals surface area contributed by atoms with E-state index < -0.39 is 11.8 Å². The van der Waals surface area contributed by atoms with Crippen LogP contribution in [0.25, 0.3) is 10.8 Å². The molecule has 2 aromatic rings. The van der Waals surface area contributed by atoms with Crippen molar-refractivity contribution in [3.8, 4) is 0 Å². The molecule has 0 atom stereocenters. The molecule has 0 spiro atoms. The van der Waals surface area contributed by atoms with Crippen LogP contribution in [0.5, 0.6) is 0 Å². The largest absolute Gasteiger partial charge is 0.419 e. The van der Waals surface area contributed by atoms with Crippen LogP contribution in [-0.4, -0.2) is 36.9 Å². The van der Waals surface area contributed by atoms with Gasteiger partial charge >= 0.3 is 6.18 Å². The number of nitrogens with zero attached hydrogens (tertiary/aromatic N) is 1. The Kier molecular flexibility index (Phi) is 3.42. The monoisotopic (exact) mass is 295 g/mol. The van der Waals surface area contributed by atoms with Gasteiger partial charge in [0.25, 0.3) is 0 Å². The van der Waals surface area contributed by atoms with Crippen molar-refractivity contribution >= 4 is 10.8 Å². The highest BCUT2D eigenvalue weighted by Crippen LogP contribution is 2.41. The Morgan fingerprint density at radius 2 is 1.76 bits per heavy atom. The highest BCUT2D eigenvalue weighted by atomic mass is 19.4. The summed E-state index contributed by atoms with van der Waals surface area (Å²) in [7, 11) is 1.13. The van der Waals surface area contributed by atoms with E-state index in [-0.39, 0.29) is 13.1 Å². The summed E-state index contributed by atoms with van der Waals surface area (Å²) in [6.07, 6.45) is -4.32. The van der Waals surface area contributed by atoms with E-state index in [0.29, 0.717) is 6.54 Å². The normalized spacial score (nSPS) is 18.7. The van der Waals surface area contributed by atoms with Crippen molar-refractivity contribution < 1.29 is 17.9 Å². The van der Waals surface area contributed by atoms with E-state index in [2.05, 4.69) is 0 Å². The summed E-state index contributed by atoms with van der Waals surface area (Å²) >= 11 is 0. The number of rotatable bonds is 3. The molecular weight excluding hydrogens is 279 g/mol. The lowest BCUT2D eigenvalue weighted by Crippen LogP contribution is -2.69. The van der Waals surface area contributed by atoms with Gasteiger partial charge in [-0.1, -0.05) is 42.5 Å². The van der Waals surface area contributed by atoms with Crippen LogP contribution in [-0.2, 0) is 11.3 Å². The van der Waals surface area contributed by atoms with E-state index in [4.69, 9.17) is 4.74 Å². The third kappa shape index (κ3) is 2.40. The lowest BCUT2D eigenvalue weighted by atomic mass is 9.92. The molecule has 0 aliphatic carbocycles. The summed E-state index contributed by atoms with van der Waals surface area (Å²) in [5.74, 6) is 0. The third-order valence-electron chi connectivity index (χ3n) is 4.14.